The zero-order valence-electron chi connectivity index (χ0n) is 10.5. The summed E-state index contributed by atoms with van der Waals surface area (Å²) in [6.45, 7) is 0.722. The van der Waals surface area contributed by atoms with Gasteiger partial charge in [-0.05, 0) is 30.2 Å². The lowest BCUT2D eigenvalue weighted by Gasteiger charge is -2.18. The molecule has 0 spiro atoms. The van der Waals surface area contributed by atoms with Gasteiger partial charge in [0.15, 0.2) is 0 Å². The molecule has 4 heteroatoms. The summed E-state index contributed by atoms with van der Waals surface area (Å²) in [5, 5.41) is 2.88. The zero-order chi connectivity index (χ0) is 13.2. The molecule has 1 aliphatic heterocycles. The Labute approximate surface area is 113 Å². The third kappa shape index (κ3) is 2.34. The first-order valence-corrected chi connectivity index (χ1v) is 6.26. The number of hydrogen-bond donors (Lipinski definition) is 1. The van der Waals surface area contributed by atoms with Gasteiger partial charge in [0, 0.05) is 17.9 Å². The Morgan fingerprint density at radius 3 is 2.63 bits per heavy atom. The van der Waals surface area contributed by atoms with Crippen LogP contribution in [0.1, 0.15) is 5.56 Å². The molecule has 0 atom stereocenters. The van der Waals surface area contributed by atoms with E-state index in [0.717, 1.165) is 24.3 Å². The molecule has 2 radical (unpaired) electrons. The van der Waals surface area contributed by atoms with E-state index >= 15 is 0 Å². The van der Waals surface area contributed by atoms with Crippen molar-refractivity contribution in [1.29, 1.82) is 0 Å². The summed E-state index contributed by atoms with van der Waals surface area (Å²) in [5.74, 6) is 0. The van der Waals surface area contributed by atoms with Crippen molar-refractivity contribution in [3.8, 4) is 0 Å². The van der Waals surface area contributed by atoms with Crippen molar-refractivity contribution in [2.75, 3.05) is 16.8 Å². The predicted molar refractivity (Wildman–Crippen MR) is 78.3 cm³/mol. The molecule has 0 aliphatic carbocycles. The molecule has 2 amide bonds. The van der Waals surface area contributed by atoms with Crippen molar-refractivity contribution in [2.45, 2.75) is 6.42 Å². The highest BCUT2D eigenvalue weighted by Crippen LogP contribution is 2.27. The van der Waals surface area contributed by atoms with Crippen molar-refractivity contribution in [3.05, 3.63) is 54.1 Å². The van der Waals surface area contributed by atoms with E-state index in [1.165, 1.54) is 5.56 Å². The maximum Gasteiger partial charge on any atom is 0.326 e. The average molecular weight is 248 g/mol. The van der Waals surface area contributed by atoms with Crippen LogP contribution in [0.4, 0.5) is 16.2 Å². The highest BCUT2D eigenvalue weighted by molar-refractivity contribution is 6.32. The van der Waals surface area contributed by atoms with Crippen LogP contribution in [0.5, 0.6) is 0 Å². The van der Waals surface area contributed by atoms with Gasteiger partial charge in [0.1, 0.15) is 7.85 Å². The van der Waals surface area contributed by atoms with Crippen LogP contribution in [0.3, 0.4) is 0 Å². The molecule has 1 heterocycles. The standard InChI is InChI=1S/C15H13BN2O/c16-12-5-7-13(8-6-12)17-15(19)18-10-9-11-3-1-2-4-14(11)18/h1-8H,9-10H2,(H,17,19). The monoisotopic (exact) mass is 248 g/mol. The van der Waals surface area contributed by atoms with Crippen molar-refractivity contribution >= 4 is 30.7 Å². The van der Waals surface area contributed by atoms with Crippen LogP contribution in [-0.4, -0.2) is 20.4 Å². The van der Waals surface area contributed by atoms with Crippen LogP contribution >= 0.6 is 0 Å². The van der Waals surface area contributed by atoms with E-state index in [2.05, 4.69) is 11.4 Å². The van der Waals surface area contributed by atoms with Gasteiger partial charge in [-0.25, -0.2) is 4.79 Å². The van der Waals surface area contributed by atoms with Crippen LogP contribution in [0.25, 0.3) is 0 Å². The molecule has 2 aromatic rings. The Balaban J connectivity index is 1.77. The first-order chi connectivity index (χ1) is 9.24. The molecule has 3 nitrogen and oxygen atoms in total. The molecule has 2 aromatic carbocycles. The summed E-state index contributed by atoms with van der Waals surface area (Å²) in [6, 6.07) is 15.0. The van der Waals surface area contributed by atoms with E-state index < -0.39 is 0 Å². The number of fused-ring (bicyclic) bond motifs is 1. The van der Waals surface area contributed by atoms with Gasteiger partial charge in [-0.1, -0.05) is 35.8 Å². The fraction of sp³-hybridized carbons (Fsp3) is 0.133. The molecular formula is C15H13BN2O. The van der Waals surface area contributed by atoms with Crippen LogP contribution in [0.2, 0.25) is 0 Å². The van der Waals surface area contributed by atoms with Crippen LogP contribution in [-0.2, 0) is 6.42 Å². The van der Waals surface area contributed by atoms with Gasteiger partial charge in [-0.15, -0.1) is 0 Å². The Hall–Kier alpha value is -2.23. The first kappa shape index (κ1) is 11.8. The number of nitrogens with zero attached hydrogens (tertiary/aromatic N) is 1. The van der Waals surface area contributed by atoms with E-state index in [1.54, 1.807) is 29.2 Å². The molecule has 0 saturated heterocycles. The predicted octanol–water partition coefficient (Wildman–Crippen LogP) is 2.08. The van der Waals surface area contributed by atoms with Crippen molar-refractivity contribution in [2.24, 2.45) is 0 Å². The Morgan fingerprint density at radius 2 is 1.84 bits per heavy atom. The summed E-state index contributed by atoms with van der Waals surface area (Å²) in [5.41, 5.74) is 3.65. The number of nitrogens with one attached hydrogen (secondary N) is 1. The number of carbonyl (C=O) groups excluding carboxylic acids is 1. The van der Waals surface area contributed by atoms with E-state index in [4.69, 9.17) is 7.85 Å². The minimum atomic E-state index is -0.102. The summed E-state index contributed by atoms with van der Waals surface area (Å²) in [7, 11) is 5.62. The van der Waals surface area contributed by atoms with Crippen molar-refractivity contribution in [1.82, 2.24) is 0 Å². The fourth-order valence-corrected chi connectivity index (χ4v) is 2.31. The van der Waals surface area contributed by atoms with E-state index in [1.807, 2.05) is 18.2 Å². The maximum atomic E-state index is 12.2. The van der Waals surface area contributed by atoms with E-state index in [-0.39, 0.29) is 6.03 Å². The molecule has 0 fully saturated rings. The number of urea groups is 1. The highest BCUT2D eigenvalue weighted by atomic mass is 16.2. The van der Waals surface area contributed by atoms with Crippen molar-refractivity contribution < 1.29 is 4.79 Å². The van der Waals surface area contributed by atoms with Crippen LogP contribution in [0.15, 0.2) is 48.5 Å². The van der Waals surface area contributed by atoms with E-state index in [0.29, 0.717) is 5.46 Å². The largest absolute Gasteiger partial charge is 0.326 e. The summed E-state index contributed by atoms with van der Waals surface area (Å²) in [6.07, 6.45) is 0.908. The number of anilines is 2. The molecule has 0 saturated carbocycles. The van der Waals surface area contributed by atoms with Crippen molar-refractivity contribution in [3.63, 3.8) is 0 Å². The van der Waals surface area contributed by atoms with Crippen LogP contribution in [0, 0.1) is 0 Å². The highest BCUT2D eigenvalue weighted by Gasteiger charge is 2.23. The number of benzene rings is 2. The summed E-state index contributed by atoms with van der Waals surface area (Å²) < 4.78 is 0. The lowest BCUT2D eigenvalue weighted by Crippen LogP contribution is -2.33. The van der Waals surface area contributed by atoms with Gasteiger partial charge in [0.25, 0.3) is 0 Å². The number of carbonyl (C=O) groups is 1. The minimum absolute atomic E-state index is 0.102. The maximum absolute atomic E-state index is 12.2. The van der Waals surface area contributed by atoms with Gasteiger partial charge in [0.2, 0.25) is 0 Å². The topological polar surface area (TPSA) is 32.3 Å². The van der Waals surface area contributed by atoms with Gasteiger partial charge < -0.3 is 5.32 Å². The van der Waals surface area contributed by atoms with Gasteiger partial charge >= 0.3 is 6.03 Å². The lowest BCUT2D eigenvalue weighted by atomic mass is 9.96. The molecule has 19 heavy (non-hydrogen) atoms. The quantitative estimate of drug-likeness (QED) is 0.770. The number of para-hydroxylation sites is 1. The Morgan fingerprint density at radius 1 is 1.11 bits per heavy atom. The normalized spacial score (nSPS) is 13.2. The van der Waals surface area contributed by atoms with Crippen LogP contribution < -0.4 is 15.7 Å². The molecule has 0 bridgehead atoms. The van der Waals surface area contributed by atoms with Gasteiger partial charge in [-0.2, -0.15) is 0 Å². The number of rotatable bonds is 1. The third-order valence-electron chi connectivity index (χ3n) is 3.29. The molecule has 1 N–H and O–H groups in total. The van der Waals surface area contributed by atoms with Gasteiger partial charge in [0.05, 0.1) is 0 Å². The zero-order valence-corrected chi connectivity index (χ0v) is 10.5. The van der Waals surface area contributed by atoms with E-state index in [9.17, 15) is 4.79 Å². The second kappa shape index (κ2) is 4.80. The van der Waals surface area contributed by atoms with Gasteiger partial charge in [-0.3, -0.25) is 4.90 Å². The smallest absolute Gasteiger partial charge is 0.308 e. The Kier molecular flexibility index (Phi) is 2.99. The number of hydrogen-bond acceptors (Lipinski definition) is 1. The molecule has 0 unspecified atom stereocenters. The third-order valence-corrected chi connectivity index (χ3v) is 3.29. The minimum Gasteiger partial charge on any atom is -0.308 e. The fourth-order valence-electron chi connectivity index (χ4n) is 2.31. The first-order valence-electron chi connectivity index (χ1n) is 6.26. The SMILES string of the molecule is [B]c1ccc(NC(=O)N2CCc3ccccc32)cc1. The summed E-state index contributed by atoms with van der Waals surface area (Å²) in [4.78, 5) is 14.0. The molecule has 0 aromatic heterocycles. The lowest BCUT2D eigenvalue weighted by molar-refractivity contribution is 0.257. The Bertz CT molecular complexity index is 610. The molecular weight excluding hydrogens is 235 g/mol. The molecule has 1 aliphatic rings. The number of amides is 2. The summed E-state index contributed by atoms with van der Waals surface area (Å²) >= 11 is 0. The molecule has 3 rings (SSSR count). The average Bonchev–Trinajstić information content (AvgIpc) is 2.85. The molecule has 92 valence electrons. The second-order valence-corrected chi connectivity index (χ2v) is 4.58. The second-order valence-electron chi connectivity index (χ2n) is 4.58.